The number of methoxy groups -OCH3 is 2. The van der Waals surface area contributed by atoms with Crippen LogP contribution in [0.25, 0.3) is 32.7 Å². The van der Waals surface area contributed by atoms with E-state index >= 15 is 0 Å². The smallest absolute Gasteiger partial charge is 0.132 e. The van der Waals surface area contributed by atoms with Gasteiger partial charge in [-0.15, -0.1) is 0 Å². The molecule has 0 bridgehead atoms. The van der Waals surface area contributed by atoms with Crippen molar-refractivity contribution in [3.8, 4) is 22.6 Å². The van der Waals surface area contributed by atoms with Crippen LogP contribution >= 0.6 is 0 Å². The largest absolute Gasteiger partial charge is 0.496 e. The molecule has 6 aromatic carbocycles. The third-order valence-corrected chi connectivity index (χ3v) is 7.58. The zero-order valence-electron chi connectivity index (χ0n) is 24.0. The molecule has 0 fully saturated rings. The van der Waals surface area contributed by atoms with Gasteiger partial charge in [0.15, 0.2) is 0 Å². The Kier molecular flexibility index (Phi) is 8.46. The summed E-state index contributed by atoms with van der Waals surface area (Å²) in [6.45, 7) is 1.91. The van der Waals surface area contributed by atoms with Gasteiger partial charge in [-0.25, -0.2) is 0 Å². The summed E-state index contributed by atoms with van der Waals surface area (Å²) >= 11 is 0. The van der Waals surface area contributed by atoms with Gasteiger partial charge in [0, 0.05) is 21.9 Å². The number of rotatable bonds is 11. The highest BCUT2D eigenvalue weighted by Crippen LogP contribution is 2.43. The first-order chi connectivity index (χ1) is 20.8. The first kappa shape index (κ1) is 27.5. The number of fused-ring (bicyclic) bond motifs is 2. The Balaban J connectivity index is 1.44. The van der Waals surface area contributed by atoms with E-state index in [2.05, 4.69) is 84.9 Å². The van der Waals surface area contributed by atoms with Crippen molar-refractivity contribution in [1.82, 2.24) is 0 Å². The van der Waals surface area contributed by atoms with Gasteiger partial charge >= 0.3 is 0 Å². The summed E-state index contributed by atoms with van der Waals surface area (Å²) in [7, 11) is 3.46. The van der Waals surface area contributed by atoms with Crippen LogP contribution < -0.4 is 9.47 Å². The molecule has 210 valence electrons. The van der Waals surface area contributed by atoms with Crippen molar-refractivity contribution < 1.29 is 18.9 Å². The normalized spacial score (nSPS) is 11.2. The summed E-state index contributed by atoms with van der Waals surface area (Å²) in [5.74, 6) is 1.68. The summed E-state index contributed by atoms with van der Waals surface area (Å²) in [6.07, 6.45) is 0. The monoisotopic (exact) mass is 554 g/mol. The van der Waals surface area contributed by atoms with Gasteiger partial charge in [0.2, 0.25) is 0 Å². The summed E-state index contributed by atoms with van der Waals surface area (Å²) in [5.41, 5.74) is 6.52. The van der Waals surface area contributed by atoms with Crippen LogP contribution in [0.5, 0.6) is 11.5 Å². The minimum Gasteiger partial charge on any atom is -0.496 e. The van der Waals surface area contributed by atoms with E-state index in [9.17, 15) is 0 Å². The van der Waals surface area contributed by atoms with Crippen molar-refractivity contribution in [3.05, 3.63) is 144 Å². The minimum atomic E-state index is 0.428. The fraction of sp³-hybridized carbons (Fsp3) is 0.158. The molecule has 6 rings (SSSR count). The topological polar surface area (TPSA) is 36.9 Å². The highest BCUT2D eigenvalue weighted by atomic mass is 16.5. The SMILES string of the molecule is COc1c(COCc2ccccc2)cc(-c2cc(COCc3ccccc3)c(OC)c3ccccc23)c2ccccc12. The molecule has 0 saturated carbocycles. The lowest BCUT2D eigenvalue weighted by atomic mass is 9.90. The van der Waals surface area contributed by atoms with Crippen molar-refractivity contribution >= 4 is 21.5 Å². The highest BCUT2D eigenvalue weighted by molar-refractivity contribution is 6.09. The van der Waals surface area contributed by atoms with E-state index in [1.807, 2.05) is 36.4 Å². The lowest BCUT2D eigenvalue weighted by molar-refractivity contribution is 0.105. The van der Waals surface area contributed by atoms with Crippen LogP contribution in [0.3, 0.4) is 0 Å². The molecule has 4 heteroatoms. The molecule has 6 aromatic rings. The first-order valence-corrected chi connectivity index (χ1v) is 14.2. The van der Waals surface area contributed by atoms with Crippen molar-refractivity contribution in [2.24, 2.45) is 0 Å². The van der Waals surface area contributed by atoms with E-state index in [1.165, 1.54) is 0 Å². The van der Waals surface area contributed by atoms with E-state index in [-0.39, 0.29) is 0 Å². The van der Waals surface area contributed by atoms with Gasteiger partial charge in [-0.1, -0.05) is 109 Å². The lowest BCUT2D eigenvalue weighted by Gasteiger charge is -2.20. The Morgan fingerprint density at radius 1 is 0.405 bits per heavy atom. The molecule has 0 aromatic heterocycles. The third-order valence-electron chi connectivity index (χ3n) is 7.58. The predicted octanol–water partition coefficient (Wildman–Crippen LogP) is 9.11. The number of ether oxygens (including phenoxy) is 4. The fourth-order valence-corrected chi connectivity index (χ4v) is 5.66. The summed E-state index contributed by atoms with van der Waals surface area (Å²) < 4.78 is 24.4. The maximum Gasteiger partial charge on any atom is 0.132 e. The summed E-state index contributed by atoms with van der Waals surface area (Å²) in [4.78, 5) is 0. The summed E-state index contributed by atoms with van der Waals surface area (Å²) in [5, 5.41) is 4.34. The molecule has 0 amide bonds. The quantitative estimate of drug-likeness (QED) is 0.160. The van der Waals surface area contributed by atoms with Gasteiger partial charge in [0.25, 0.3) is 0 Å². The molecule has 0 heterocycles. The molecule has 0 aliphatic heterocycles. The highest BCUT2D eigenvalue weighted by Gasteiger charge is 2.19. The second kappa shape index (κ2) is 12.9. The predicted molar refractivity (Wildman–Crippen MR) is 170 cm³/mol. The molecule has 0 saturated heterocycles. The zero-order valence-corrected chi connectivity index (χ0v) is 24.0. The summed E-state index contributed by atoms with van der Waals surface area (Å²) in [6, 6.07) is 41.7. The fourth-order valence-electron chi connectivity index (χ4n) is 5.66. The van der Waals surface area contributed by atoms with Crippen LogP contribution in [0, 0.1) is 0 Å². The number of hydrogen-bond donors (Lipinski definition) is 0. The number of benzene rings is 6. The van der Waals surface area contributed by atoms with Crippen molar-refractivity contribution in [2.45, 2.75) is 26.4 Å². The van der Waals surface area contributed by atoms with Crippen LogP contribution in [0.15, 0.2) is 121 Å². The molecule has 0 radical (unpaired) electrons. The average molecular weight is 555 g/mol. The Labute approximate surface area is 247 Å². The van der Waals surface area contributed by atoms with Crippen molar-refractivity contribution in [1.29, 1.82) is 0 Å². The third kappa shape index (κ3) is 5.73. The molecule has 0 N–H and O–H groups in total. The standard InChI is InChI=1S/C38H34O4/c1-39-37-29(25-41-23-27-13-5-3-6-14-27)21-35(31-17-9-11-19-33(31)37)36-22-30(26-42-24-28-15-7-4-8-16-28)38(40-2)34-20-12-10-18-32(34)36/h3-22H,23-26H2,1-2H3. The zero-order chi connectivity index (χ0) is 28.7. The molecule has 42 heavy (non-hydrogen) atoms. The van der Waals surface area contributed by atoms with Crippen molar-refractivity contribution in [2.75, 3.05) is 14.2 Å². The molecular formula is C38H34O4. The van der Waals surface area contributed by atoms with Gasteiger partial charge in [-0.3, -0.25) is 0 Å². The Morgan fingerprint density at radius 2 is 0.762 bits per heavy atom. The van der Waals surface area contributed by atoms with Crippen LogP contribution in [-0.4, -0.2) is 14.2 Å². The molecule has 0 unspecified atom stereocenters. The van der Waals surface area contributed by atoms with E-state index in [0.29, 0.717) is 26.4 Å². The molecule has 0 aliphatic rings. The second-order valence-electron chi connectivity index (χ2n) is 10.3. The molecule has 4 nitrogen and oxygen atoms in total. The van der Waals surface area contributed by atoms with Gasteiger partial charge in [-0.2, -0.15) is 0 Å². The van der Waals surface area contributed by atoms with Gasteiger partial charge in [-0.05, 0) is 45.2 Å². The van der Waals surface area contributed by atoms with E-state index < -0.39 is 0 Å². The van der Waals surface area contributed by atoms with Crippen LogP contribution in [0.1, 0.15) is 22.3 Å². The van der Waals surface area contributed by atoms with Crippen LogP contribution in [0.4, 0.5) is 0 Å². The number of hydrogen-bond acceptors (Lipinski definition) is 4. The molecule has 0 spiro atoms. The molecular weight excluding hydrogens is 520 g/mol. The average Bonchev–Trinajstić information content (AvgIpc) is 3.05. The molecule has 0 atom stereocenters. The Morgan fingerprint density at radius 3 is 1.14 bits per heavy atom. The maximum absolute atomic E-state index is 6.21. The Hall–Kier alpha value is -4.64. The van der Waals surface area contributed by atoms with E-state index in [0.717, 1.165) is 66.4 Å². The maximum atomic E-state index is 6.21. The van der Waals surface area contributed by atoms with E-state index in [4.69, 9.17) is 18.9 Å². The molecule has 0 aliphatic carbocycles. The lowest BCUT2D eigenvalue weighted by Crippen LogP contribution is -2.01. The van der Waals surface area contributed by atoms with Crippen LogP contribution in [0.2, 0.25) is 0 Å². The second-order valence-corrected chi connectivity index (χ2v) is 10.3. The van der Waals surface area contributed by atoms with Crippen molar-refractivity contribution in [3.63, 3.8) is 0 Å². The van der Waals surface area contributed by atoms with Gasteiger partial charge in [0.05, 0.1) is 40.6 Å². The van der Waals surface area contributed by atoms with E-state index in [1.54, 1.807) is 14.2 Å². The first-order valence-electron chi connectivity index (χ1n) is 14.2. The van der Waals surface area contributed by atoms with Gasteiger partial charge < -0.3 is 18.9 Å². The van der Waals surface area contributed by atoms with Crippen LogP contribution in [-0.2, 0) is 35.9 Å². The Bertz CT molecular complexity index is 1660. The minimum absolute atomic E-state index is 0.428. The van der Waals surface area contributed by atoms with Gasteiger partial charge in [0.1, 0.15) is 11.5 Å².